The van der Waals surface area contributed by atoms with Crippen LogP contribution in [-0.4, -0.2) is 50.8 Å². The van der Waals surface area contributed by atoms with E-state index in [9.17, 15) is 23.3 Å². The first kappa shape index (κ1) is 32.3. The van der Waals surface area contributed by atoms with Crippen LogP contribution in [0.25, 0.3) is 5.69 Å². The maximum absolute atomic E-state index is 13.9. The number of nitrogens with one attached hydrogen (secondary N) is 1. The number of benzene rings is 3. The molecule has 0 fully saturated rings. The zero-order valence-electron chi connectivity index (χ0n) is 23.9. The SMILES string of the molecule is COc1ccc(N(CC(=O)N/N=C/c2cc(C)n(-c3ccc(Cl)c(Cl)c3)c2C)S(=O)(=O)c2ccccc2[N+](=O)[O-])c(OC)c1. The highest BCUT2D eigenvalue weighted by atomic mass is 35.5. The highest BCUT2D eigenvalue weighted by Crippen LogP contribution is 2.37. The first-order chi connectivity index (χ1) is 20.9. The number of carbonyl (C=O) groups is 1. The summed E-state index contributed by atoms with van der Waals surface area (Å²) in [5.74, 6) is -0.404. The second-order valence-electron chi connectivity index (χ2n) is 9.33. The molecule has 0 atom stereocenters. The van der Waals surface area contributed by atoms with E-state index in [1.54, 1.807) is 12.1 Å². The third-order valence-corrected chi connectivity index (χ3v) is 9.14. The molecule has 0 aliphatic carbocycles. The van der Waals surface area contributed by atoms with Crippen molar-refractivity contribution >= 4 is 56.7 Å². The maximum atomic E-state index is 13.9. The van der Waals surface area contributed by atoms with Crippen LogP contribution in [0.3, 0.4) is 0 Å². The molecule has 0 aliphatic rings. The Kier molecular flexibility index (Phi) is 9.82. The second-order valence-corrected chi connectivity index (χ2v) is 12.0. The normalized spacial score (nSPS) is 11.4. The zero-order valence-corrected chi connectivity index (χ0v) is 26.3. The molecule has 4 rings (SSSR count). The van der Waals surface area contributed by atoms with Crippen LogP contribution in [0.1, 0.15) is 17.0 Å². The van der Waals surface area contributed by atoms with Gasteiger partial charge in [0.2, 0.25) is 0 Å². The lowest BCUT2D eigenvalue weighted by atomic mass is 10.2. The zero-order chi connectivity index (χ0) is 32.2. The maximum Gasteiger partial charge on any atom is 0.289 e. The Bertz CT molecular complexity index is 1880. The highest BCUT2D eigenvalue weighted by molar-refractivity contribution is 7.93. The number of aromatic nitrogens is 1. The summed E-state index contributed by atoms with van der Waals surface area (Å²) < 4.78 is 41.0. The van der Waals surface area contributed by atoms with Crippen LogP contribution in [0.5, 0.6) is 11.5 Å². The fourth-order valence-corrected chi connectivity index (χ4v) is 6.40. The van der Waals surface area contributed by atoms with Gasteiger partial charge in [0.25, 0.3) is 21.6 Å². The van der Waals surface area contributed by atoms with Gasteiger partial charge in [-0.2, -0.15) is 5.10 Å². The van der Waals surface area contributed by atoms with Crippen molar-refractivity contribution in [1.82, 2.24) is 9.99 Å². The van der Waals surface area contributed by atoms with Crippen LogP contribution in [0, 0.1) is 24.0 Å². The molecule has 1 heterocycles. The number of rotatable bonds is 11. The summed E-state index contributed by atoms with van der Waals surface area (Å²) in [6.45, 7) is 2.96. The average molecular weight is 661 g/mol. The van der Waals surface area contributed by atoms with E-state index >= 15 is 0 Å². The fraction of sp³-hybridized carbons (Fsp3) is 0.172. The van der Waals surface area contributed by atoms with Gasteiger partial charge in [-0.15, -0.1) is 0 Å². The summed E-state index contributed by atoms with van der Waals surface area (Å²) in [7, 11) is -1.93. The van der Waals surface area contributed by atoms with Gasteiger partial charge < -0.3 is 14.0 Å². The van der Waals surface area contributed by atoms with E-state index in [-0.39, 0.29) is 11.4 Å². The van der Waals surface area contributed by atoms with Crippen LogP contribution in [0.2, 0.25) is 10.0 Å². The van der Waals surface area contributed by atoms with Gasteiger partial charge in [-0.3, -0.25) is 19.2 Å². The summed E-state index contributed by atoms with van der Waals surface area (Å²) >= 11 is 12.3. The van der Waals surface area contributed by atoms with Crippen molar-refractivity contribution in [2.75, 3.05) is 25.1 Å². The molecule has 0 radical (unpaired) electrons. The second kappa shape index (κ2) is 13.4. The van der Waals surface area contributed by atoms with Crippen molar-refractivity contribution in [3.63, 3.8) is 0 Å². The molecule has 0 saturated carbocycles. The number of aryl methyl sites for hydroxylation is 1. The first-order valence-corrected chi connectivity index (χ1v) is 15.0. The summed E-state index contributed by atoms with van der Waals surface area (Å²) in [4.78, 5) is 23.4. The van der Waals surface area contributed by atoms with Gasteiger partial charge >= 0.3 is 0 Å². The van der Waals surface area contributed by atoms with E-state index in [4.69, 9.17) is 32.7 Å². The third-order valence-electron chi connectivity index (χ3n) is 6.60. The Morgan fingerprint density at radius 2 is 1.77 bits per heavy atom. The van der Waals surface area contributed by atoms with E-state index in [2.05, 4.69) is 10.5 Å². The monoisotopic (exact) mass is 659 g/mol. The fourth-order valence-electron chi connectivity index (χ4n) is 4.51. The largest absolute Gasteiger partial charge is 0.497 e. The molecule has 1 amide bonds. The van der Waals surface area contributed by atoms with Crippen molar-refractivity contribution in [3.05, 3.63) is 104 Å². The standard InChI is InChI=1S/C29H27Cl2N5O7S/c1-18-13-20(19(2)35(18)21-9-11-23(30)24(31)14-21)16-32-33-29(37)17-34(25-12-10-22(42-3)15-27(25)43-4)44(40,41)28-8-6-5-7-26(28)36(38)39/h5-16H,17H2,1-4H3,(H,33,37)/b32-16+. The van der Waals surface area contributed by atoms with E-state index in [0.29, 0.717) is 25.7 Å². The number of ether oxygens (including phenoxy) is 2. The molecule has 15 heteroatoms. The van der Waals surface area contributed by atoms with E-state index in [0.717, 1.165) is 29.2 Å². The number of hydrazone groups is 1. The van der Waals surface area contributed by atoms with Crippen LogP contribution in [0.4, 0.5) is 11.4 Å². The molecule has 4 aromatic rings. The topological polar surface area (TPSA) is 145 Å². The summed E-state index contributed by atoms with van der Waals surface area (Å²) in [5, 5.41) is 16.5. The number of halogens is 2. The van der Waals surface area contributed by atoms with Gasteiger partial charge in [0, 0.05) is 34.8 Å². The average Bonchev–Trinajstić information content (AvgIpc) is 3.29. The number of carbonyl (C=O) groups excluding carboxylic acids is 1. The predicted octanol–water partition coefficient (Wildman–Crippen LogP) is 5.67. The molecule has 0 unspecified atom stereocenters. The molecule has 0 spiro atoms. The molecule has 0 saturated heterocycles. The van der Waals surface area contributed by atoms with Crippen LogP contribution >= 0.6 is 23.2 Å². The van der Waals surface area contributed by atoms with Gasteiger partial charge in [-0.05, 0) is 56.3 Å². The molecule has 1 aromatic heterocycles. The van der Waals surface area contributed by atoms with Crippen molar-refractivity contribution in [3.8, 4) is 17.2 Å². The number of nitrogens with zero attached hydrogens (tertiary/aromatic N) is 4. The number of nitro benzene ring substituents is 1. The lowest BCUT2D eigenvalue weighted by molar-refractivity contribution is -0.387. The predicted molar refractivity (Wildman–Crippen MR) is 168 cm³/mol. The number of hydrogen-bond acceptors (Lipinski definition) is 8. The summed E-state index contributed by atoms with van der Waals surface area (Å²) in [5.41, 5.74) is 4.76. The molecule has 12 nitrogen and oxygen atoms in total. The lowest BCUT2D eigenvalue weighted by Crippen LogP contribution is -2.40. The molecule has 3 aromatic carbocycles. The van der Waals surface area contributed by atoms with Gasteiger partial charge in [-0.1, -0.05) is 35.3 Å². The number of sulfonamides is 1. The van der Waals surface area contributed by atoms with Crippen molar-refractivity contribution in [1.29, 1.82) is 0 Å². The number of amides is 1. The summed E-state index contributed by atoms with van der Waals surface area (Å²) in [6.07, 6.45) is 1.42. The molecule has 44 heavy (non-hydrogen) atoms. The number of hydrogen-bond donors (Lipinski definition) is 1. The molecular formula is C29H27Cl2N5O7S. The Balaban J connectivity index is 1.66. The Morgan fingerprint density at radius 3 is 2.43 bits per heavy atom. The van der Waals surface area contributed by atoms with Gasteiger partial charge in [0.1, 0.15) is 18.0 Å². The Labute approximate surface area is 263 Å². The van der Waals surface area contributed by atoms with E-state index in [1.807, 2.05) is 30.5 Å². The van der Waals surface area contributed by atoms with Gasteiger partial charge in [0.05, 0.1) is 41.1 Å². The minimum absolute atomic E-state index is 0.0456. The van der Waals surface area contributed by atoms with Gasteiger partial charge in [0.15, 0.2) is 4.90 Å². The van der Waals surface area contributed by atoms with Crippen LogP contribution < -0.4 is 19.2 Å². The molecule has 0 bridgehead atoms. The number of methoxy groups -OCH3 is 2. The molecule has 0 aliphatic heterocycles. The van der Waals surface area contributed by atoms with E-state index in [1.165, 1.54) is 50.8 Å². The molecular weight excluding hydrogens is 633 g/mol. The van der Waals surface area contributed by atoms with Crippen LogP contribution in [0.15, 0.2) is 76.7 Å². The Morgan fingerprint density at radius 1 is 1.05 bits per heavy atom. The minimum atomic E-state index is -4.67. The van der Waals surface area contributed by atoms with E-state index < -0.39 is 38.0 Å². The third kappa shape index (κ3) is 6.64. The first-order valence-electron chi connectivity index (χ1n) is 12.8. The smallest absolute Gasteiger partial charge is 0.289 e. The lowest BCUT2D eigenvalue weighted by Gasteiger charge is -2.25. The quantitative estimate of drug-likeness (QED) is 0.124. The highest BCUT2D eigenvalue weighted by Gasteiger charge is 2.34. The van der Waals surface area contributed by atoms with Crippen LogP contribution in [-0.2, 0) is 14.8 Å². The molecule has 1 N–H and O–H groups in total. The number of anilines is 1. The van der Waals surface area contributed by atoms with Gasteiger partial charge in [-0.25, -0.2) is 13.8 Å². The number of para-hydroxylation sites is 1. The minimum Gasteiger partial charge on any atom is -0.497 e. The van der Waals surface area contributed by atoms with Crippen molar-refractivity contribution in [2.45, 2.75) is 18.7 Å². The van der Waals surface area contributed by atoms with Crippen molar-refractivity contribution in [2.24, 2.45) is 5.10 Å². The Hall–Kier alpha value is -4.59. The summed E-state index contributed by atoms with van der Waals surface area (Å²) in [6, 6.07) is 16.2. The van der Waals surface area contributed by atoms with Crippen molar-refractivity contribution < 1.29 is 27.6 Å². The number of nitro groups is 1. The molecule has 230 valence electrons.